The molecule has 3 aromatic rings. The minimum Gasteiger partial charge on any atom is -0.387 e. The van der Waals surface area contributed by atoms with Crippen LogP contribution in [0.5, 0.6) is 0 Å². The lowest BCUT2D eigenvalue weighted by Gasteiger charge is -2.18. The Bertz CT molecular complexity index is 1150. The van der Waals surface area contributed by atoms with E-state index in [1.807, 2.05) is 53.6 Å². The van der Waals surface area contributed by atoms with Gasteiger partial charge in [-0.2, -0.15) is 5.26 Å². The molecule has 0 radical (unpaired) electrons. The fraction of sp³-hybridized carbons (Fsp3) is 0.292. The third kappa shape index (κ3) is 4.93. The van der Waals surface area contributed by atoms with E-state index in [1.54, 1.807) is 13.4 Å². The number of anilines is 1. The predicted octanol–water partition coefficient (Wildman–Crippen LogP) is 3.39. The number of aromatic nitrogens is 2. The van der Waals surface area contributed by atoms with E-state index in [0.717, 1.165) is 35.5 Å². The van der Waals surface area contributed by atoms with Gasteiger partial charge in [-0.05, 0) is 41.8 Å². The van der Waals surface area contributed by atoms with Gasteiger partial charge in [0.1, 0.15) is 6.07 Å². The van der Waals surface area contributed by atoms with Crippen molar-refractivity contribution in [3.63, 3.8) is 0 Å². The largest absolute Gasteiger partial charge is 0.387 e. The number of benzene rings is 2. The van der Waals surface area contributed by atoms with E-state index in [1.165, 1.54) is 0 Å². The number of amides is 1. The number of hydrogen-bond acceptors (Lipinski definition) is 5. The number of nitrogens with zero attached hydrogens (tertiary/aromatic N) is 4. The highest BCUT2D eigenvalue weighted by molar-refractivity contribution is 6.30. The van der Waals surface area contributed by atoms with Crippen molar-refractivity contribution in [2.75, 3.05) is 18.9 Å². The van der Waals surface area contributed by atoms with E-state index < -0.39 is 0 Å². The summed E-state index contributed by atoms with van der Waals surface area (Å²) >= 11 is 6.07. The Morgan fingerprint density at radius 2 is 2.06 bits per heavy atom. The number of carbonyl (C=O) groups is 1. The average Bonchev–Trinajstić information content (AvgIpc) is 3.38. The summed E-state index contributed by atoms with van der Waals surface area (Å²) in [4.78, 5) is 19.0. The zero-order valence-electron chi connectivity index (χ0n) is 17.9. The van der Waals surface area contributed by atoms with Crippen LogP contribution in [0.4, 0.5) is 5.69 Å². The van der Waals surface area contributed by atoms with Crippen LogP contribution in [0.25, 0.3) is 0 Å². The van der Waals surface area contributed by atoms with Crippen LogP contribution in [0.1, 0.15) is 28.8 Å². The van der Waals surface area contributed by atoms with E-state index in [0.29, 0.717) is 30.2 Å². The van der Waals surface area contributed by atoms with E-state index in [2.05, 4.69) is 26.3 Å². The lowest BCUT2D eigenvalue weighted by atomic mass is 10.1. The van der Waals surface area contributed by atoms with Gasteiger partial charge < -0.3 is 20.1 Å². The molecule has 7 nitrogen and oxygen atoms in total. The molecule has 32 heavy (non-hydrogen) atoms. The van der Waals surface area contributed by atoms with E-state index in [9.17, 15) is 10.1 Å². The van der Waals surface area contributed by atoms with Gasteiger partial charge in [0.15, 0.2) is 0 Å². The topological polar surface area (TPSA) is 86.0 Å². The molecule has 1 aromatic heterocycles. The molecule has 1 aliphatic heterocycles. The smallest absolute Gasteiger partial charge is 0.240 e. The number of carbonyl (C=O) groups excluding carboxylic acids is 1. The predicted molar refractivity (Wildman–Crippen MR) is 124 cm³/mol. The second kappa shape index (κ2) is 9.86. The van der Waals surface area contributed by atoms with Crippen LogP contribution in [-0.2, 0) is 24.4 Å². The molecule has 0 aliphatic carbocycles. The zero-order chi connectivity index (χ0) is 22.5. The molecule has 1 amide bonds. The summed E-state index contributed by atoms with van der Waals surface area (Å²) in [5.41, 5.74) is 4.53. The summed E-state index contributed by atoms with van der Waals surface area (Å²) in [5, 5.41) is 16.3. The van der Waals surface area contributed by atoms with Crippen molar-refractivity contribution in [1.29, 1.82) is 5.26 Å². The van der Waals surface area contributed by atoms with Gasteiger partial charge in [-0.15, -0.1) is 0 Å². The number of likely N-dealkylation sites (tertiary alicyclic amines) is 1. The first-order chi connectivity index (χ1) is 15.6. The van der Waals surface area contributed by atoms with Crippen LogP contribution in [0.2, 0.25) is 5.02 Å². The molecule has 2 N–H and O–H groups in total. The van der Waals surface area contributed by atoms with E-state index in [4.69, 9.17) is 11.6 Å². The van der Waals surface area contributed by atoms with Crippen molar-refractivity contribution >= 4 is 23.2 Å². The Hall–Kier alpha value is -3.34. The molecular weight excluding hydrogens is 424 g/mol. The van der Waals surface area contributed by atoms with Crippen molar-refractivity contribution in [3.05, 3.63) is 82.4 Å². The summed E-state index contributed by atoms with van der Waals surface area (Å²) in [6.07, 6.45) is 4.38. The van der Waals surface area contributed by atoms with Gasteiger partial charge in [0.2, 0.25) is 5.91 Å². The lowest BCUT2D eigenvalue weighted by molar-refractivity contribution is -0.129. The number of rotatable bonds is 8. The molecule has 0 saturated carbocycles. The van der Waals surface area contributed by atoms with Crippen molar-refractivity contribution in [1.82, 2.24) is 19.8 Å². The monoisotopic (exact) mass is 448 g/mol. The second-order valence-corrected chi connectivity index (χ2v) is 8.30. The van der Waals surface area contributed by atoms with Crippen molar-refractivity contribution in [2.45, 2.75) is 32.1 Å². The van der Waals surface area contributed by atoms with Crippen LogP contribution in [0, 0.1) is 11.3 Å². The third-order valence-corrected chi connectivity index (χ3v) is 5.95. The maximum Gasteiger partial charge on any atom is 0.240 e. The van der Waals surface area contributed by atoms with Gasteiger partial charge in [-0.25, -0.2) is 4.98 Å². The van der Waals surface area contributed by atoms with Crippen LogP contribution in [0.3, 0.4) is 0 Å². The maximum atomic E-state index is 12.8. The molecule has 1 saturated heterocycles. The molecule has 1 fully saturated rings. The molecule has 2 aromatic carbocycles. The first kappa shape index (κ1) is 21.9. The molecule has 4 rings (SSSR count). The first-order valence-corrected chi connectivity index (χ1v) is 10.9. The standard InChI is InChI=1S/C24H25ClN6O/c1-27-23-10-18(5-6-19(23)11-26)15-31-16-28-12-21(31)13-29-22-7-8-30(24(22)32)14-17-3-2-4-20(25)9-17/h2-6,9-10,12,16,22,27,29H,7-8,13-15H2,1H3/t22-/m0/s1. The lowest BCUT2D eigenvalue weighted by Crippen LogP contribution is -2.38. The summed E-state index contributed by atoms with van der Waals surface area (Å²) in [7, 11) is 1.81. The van der Waals surface area contributed by atoms with Gasteiger partial charge in [0.25, 0.3) is 0 Å². The van der Waals surface area contributed by atoms with Gasteiger partial charge >= 0.3 is 0 Å². The fourth-order valence-corrected chi connectivity index (χ4v) is 4.21. The molecule has 2 heterocycles. The number of hydrogen-bond donors (Lipinski definition) is 2. The fourth-order valence-electron chi connectivity index (χ4n) is 4.00. The summed E-state index contributed by atoms with van der Waals surface area (Å²) in [6, 6.07) is 15.4. The first-order valence-electron chi connectivity index (χ1n) is 10.5. The number of imidazole rings is 1. The Kier molecular flexibility index (Phi) is 6.74. The van der Waals surface area contributed by atoms with Crippen molar-refractivity contribution in [2.24, 2.45) is 0 Å². The zero-order valence-corrected chi connectivity index (χ0v) is 18.6. The number of nitriles is 1. The van der Waals surface area contributed by atoms with Crippen LogP contribution >= 0.6 is 11.6 Å². The van der Waals surface area contributed by atoms with Crippen LogP contribution in [-0.4, -0.2) is 40.0 Å². The summed E-state index contributed by atoms with van der Waals surface area (Å²) in [6.45, 7) is 2.48. The Morgan fingerprint density at radius 1 is 1.22 bits per heavy atom. The molecule has 1 atom stereocenters. The van der Waals surface area contributed by atoms with E-state index in [-0.39, 0.29) is 11.9 Å². The minimum atomic E-state index is -0.205. The molecule has 8 heteroatoms. The third-order valence-electron chi connectivity index (χ3n) is 5.71. The van der Waals surface area contributed by atoms with Crippen molar-refractivity contribution < 1.29 is 4.79 Å². The van der Waals surface area contributed by atoms with E-state index >= 15 is 0 Å². The number of halogens is 1. The highest BCUT2D eigenvalue weighted by atomic mass is 35.5. The van der Waals surface area contributed by atoms with Crippen molar-refractivity contribution in [3.8, 4) is 6.07 Å². The molecule has 0 bridgehead atoms. The number of nitrogens with one attached hydrogen (secondary N) is 2. The Morgan fingerprint density at radius 3 is 2.84 bits per heavy atom. The highest BCUT2D eigenvalue weighted by Crippen LogP contribution is 2.19. The maximum absolute atomic E-state index is 12.8. The van der Waals surface area contributed by atoms with Crippen LogP contribution in [0.15, 0.2) is 55.0 Å². The normalized spacial score (nSPS) is 15.7. The molecule has 1 aliphatic rings. The Labute approximate surface area is 192 Å². The molecule has 0 spiro atoms. The molecule has 164 valence electrons. The second-order valence-electron chi connectivity index (χ2n) is 7.87. The van der Waals surface area contributed by atoms with Gasteiger partial charge in [0.05, 0.1) is 29.3 Å². The Balaban J connectivity index is 1.36. The van der Waals surface area contributed by atoms with Crippen LogP contribution < -0.4 is 10.6 Å². The average molecular weight is 449 g/mol. The minimum absolute atomic E-state index is 0.113. The summed E-state index contributed by atoms with van der Waals surface area (Å²) in [5.74, 6) is 0.113. The van der Waals surface area contributed by atoms with Gasteiger partial charge in [-0.3, -0.25) is 4.79 Å². The summed E-state index contributed by atoms with van der Waals surface area (Å²) < 4.78 is 2.05. The molecular formula is C24H25ClN6O. The molecule has 0 unspecified atom stereocenters. The highest BCUT2D eigenvalue weighted by Gasteiger charge is 2.31. The van der Waals surface area contributed by atoms with Gasteiger partial charge in [0, 0.05) is 44.4 Å². The van der Waals surface area contributed by atoms with Gasteiger partial charge in [-0.1, -0.05) is 29.8 Å². The quantitative estimate of drug-likeness (QED) is 0.551. The SMILES string of the molecule is CNc1cc(Cn2cncc2CN[C@H]2CCN(Cc3cccc(Cl)c3)C2=O)ccc1C#N.